The molecule has 112 valence electrons. The van der Waals surface area contributed by atoms with E-state index in [0.29, 0.717) is 23.1 Å². The molecule has 1 aromatic heterocycles. The van der Waals surface area contributed by atoms with Crippen molar-refractivity contribution < 1.29 is 9.53 Å². The highest BCUT2D eigenvalue weighted by molar-refractivity contribution is 7.18. The molecule has 1 aliphatic carbocycles. The zero-order valence-corrected chi connectivity index (χ0v) is 13.3. The summed E-state index contributed by atoms with van der Waals surface area (Å²) in [4.78, 5) is 14.4. The number of thiophene rings is 1. The second-order valence-electron chi connectivity index (χ2n) is 5.56. The lowest BCUT2D eigenvalue weighted by Crippen LogP contribution is -2.21. The normalized spacial score (nSPS) is 16.0. The first kappa shape index (κ1) is 15.1. The third-order valence-electron chi connectivity index (χ3n) is 3.36. The highest BCUT2D eigenvalue weighted by atomic mass is 32.1. The van der Waals surface area contributed by atoms with E-state index in [9.17, 15) is 4.79 Å². The Bertz CT molecular complexity index is 495. The van der Waals surface area contributed by atoms with Gasteiger partial charge in [-0.2, -0.15) is 0 Å². The summed E-state index contributed by atoms with van der Waals surface area (Å²) < 4.78 is 5.15. The molecule has 1 saturated carbocycles. The summed E-state index contributed by atoms with van der Waals surface area (Å²) in [7, 11) is 5.18. The number of nitrogens with two attached hydrogens (primary N) is 1. The van der Waals surface area contributed by atoms with E-state index >= 15 is 0 Å². The summed E-state index contributed by atoms with van der Waals surface area (Å²) in [6.45, 7) is 2.68. The van der Waals surface area contributed by atoms with Gasteiger partial charge >= 0.3 is 0 Å². The first-order chi connectivity index (χ1) is 9.45. The minimum absolute atomic E-state index is 0.0261. The molecule has 5 nitrogen and oxygen atoms in total. The smallest absolute Gasteiger partial charge is 0.265 e. The van der Waals surface area contributed by atoms with Crippen LogP contribution >= 0.6 is 11.3 Å². The molecule has 1 unspecified atom stereocenters. The number of nitrogens with zero attached hydrogens (tertiary/aromatic N) is 1. The van der Waals surface area contributed by atoms with E-state index < -0.39 is 0 Å². The quantitative estimate of drug-likeness (QED) is 0.846. The van der Waals surface area contributed by atoms with E-state index in [1.54, 1.807) is 26.1 Å². The van der Waals surface area contributed by atoms with Gasteiger partial charge in [0.1, 0.15) is 4.88 Å². The van der Waals surface area contributed by atoms with Crippen LogP contribution in [0.15, 0.2) is 0 Å². The standard InChI is InChI=1S/C14H23N3O2S/c1-8(7-19-4)16-13-10(9-5-6-9)11(15)12(20-13)14(18)17(2)3/h8-9,16H,5-7,15H2,1-4H3. The van der Waals surface area contributed by atoms with Gasteiger partial charge in [-0.05, 0) is 25.7 Å². The molecule has 1 heterocycles. The van der Waals surface area contributed by atoms with Crippen molar-refractivity contribution in [3.8, 4) is 0 Å². The number of rotatable bonds is 6. The molecule has 6 heteroatoms. The number of anilines is 2. The van der Waals surface area contributed by atoms with Crippen molar-refractivity contribution in [1.29, 1.82) is 0 Å². The van der Waals surface area contributed by atoms with Crippen LogP contribution in [0.25, 0.3) is 0 Å². The molecule has 0 bridgehead atoms. The molecule has 0 saturated heterocycles. The molecular formula is C14H23N3O2S. The highest BCUT2D eigenvalue weighted by Gasteiger charge is 2.33. The molecule has 0 radical (unpaired) electrons. The van der Waals surface area contributed by atoms with Gasteiger partial charge in [-0.1, -0.05) is 0 Å². The molecule has 1 aromatic rings. The maximum atomic E-state index is 12.2. The second-order valence-corrected chi connectivity index (χ2v) is 6.58. The minimum Gasteiger partial charge on any atom is -0.397 e. The monoisotopic (exact) mass is 297 g/mol. The Morgan fingerprint density at radius 3 is 2.70 bits per heavy atom. The number of nitrogen functional groups attached to an aromatic ring is 1. The van der Waals surface area contributed by atoms with Crippen LogP contribution in [0.1, 0.15) is 40.9 Å². The van der Waals surface area contributed by atoms with Gasteiger partial charge in [-0.15, -0.1) is 11.3 Å². The van der Waals surface area contributed by atoms with Crippen LogP contribution < -0.4 is 11.1 Å². The molecule has 1 amide bonds. The van der Waals surface area contributed by atoms with Crippen molar-refractivity contribution in [1.82, 2.24) is 4.90 Å². The van der Waals surface area contributed by atoms with Crippen molar-refractivity contribution in [3.05, 3.63) is 10.4 Å². The van der Waals surface area contributed by atoms with Crippen LogP contribution in [0.2, 0.25) is 0 Å². The van der Waals surface area contributed by atoms with Gasteiger partial charge in [-0.25, -0.2) is 0 Å². The lowest BCUT2D eigenvalue weighted by atomic mass is 10.1. The van der Waals surface area contributed by atoms with Crippen LogP contribution in [-0.2, 0) is 4.74 Å². The number of carbonyl (C=O) groups is 1. The number of hydrogen-bond donors (Lipinski definition) is 2. The number of amides is 1. The van der Waals surface area contributed by atoms with Crippen LogP contribution in [0.4, 0.5) is 10.7 Å². The van der Waals surface area contributed by atoms with Crippen molar-refractivity contribution in [3.63, 3.8) is 0 Å². The zero-order valence-electron chi connectivity index (χ0n) is 12.5. The van der Waals surface area contributed by atoms with E-state index in [1.807, 2.05) is 0 Å². The van der Waals surface area contributed by atoms with Gasteiger partial charge in [0, 0.05) is 32.8 Å². The van der Waals surface area contributed by atoms with Crippen LogP contribution in [0.5, 0.6) is 0 Å². The highest BCUT2D eigenvalue weighted by Crippen LogP contribution is 2.51. The van der Waals surface area contributed by atoms with E-state index in [-0.39, 0.29) is 11.9 Å². The molecule has 1 aliphatic rings. The van der Waals surface area contributed by atoms with E-state index in [2.05, 4.69) is 12.2 Å². The number of hydrogen-bond acceptors (Lipinski definition) is 5. The number of ether oxygens (including phenoxy) is 1. The summed E-state index contributed by atoms with van der Waals surface area (Å²) in [6, 6.07) is 0.192. The lowest BCUT2D eigenvalue weighted by molar-refractivity contribution is 0.0833. The van der Waals surface area contributed by atoms with E-state index in [4.69, 9.17) is 10.5 Å². The maximum absolute atomic E-state index is 12.2. The zero-order chi connectivity index (χ0) is 14.9. The molecule has 0 spiro atoms. The molecule has 1 fully saturated rings. The largest absolute Gasteiger partial charge is 0.397 e. The maximum Gasteiger partial charge on any atom is 0.265 e. The number of nitrogens with one attached hydrogen (secondary N) is 1. The Labute approximate surface area is 124 Å². The van der Waals surface area contributed by atoms with Crippen LogP contribution in [0.3, 0.4) is 0 Å². The third-order valence-corrected chi connectivity index (χ3v) is 4.50. The van der Waals surface area contributed by atoms with Gasteiger partial charge in [0.05, 0.1) is 17.3 Å². The number of methoxy groups -OCH3 is 1. The second kappa shape index (κ2) is 6.01. The van der Waals surface area contributed by atoms with Gasteiger partial charge in [0.25, 0.3) is 5.91 Å². The van der Waals surface area contributed by atoms with Gasteiger partial charge in [-0.3, -0.25) is 4.79 Å². The molecule has 0 aliphatic heterocycles. The lowest BCUT2D eigenvalue weighted by Gasteiger charge is -2.14. The number of carbonyl (C=O) groups excluding carboxylic acids is 1. The van der Waals surface area contributed by atoms with Crippen molar-refractivity contribution in [2.75, 3.05) is 38.9 Å². The third kappa shape index (κ3) is 3.07. The van der Waals surface area contributed by atoms with Gasteiger partial charge < -0.3 is 20.7 Å². The Kier molecular flexibility index (Phi) is 4.55. The SMILES string of the molecule is COCC(C)Nc1sc(C(=O)N(C)C)c(N)c1C1CC1. The minimum atomic E-state index is -0.0261. The molecule has 20 heavy (non-hydrogen) atoms. The molecule has 3 N–H and O–H groups in total. The predicted octanol–water partition coefficient (Wildman–Crippen LogP) is 2.36. The van der Waals surface area contributed by atoms with Crippen LogP contribution in [0, 0.1) is 0 Å². The van der Waals surface area contributed by atoms with Crippen molar-refractivity contribution in [2.24, 2.45) is 0 Å². The predicted molar refractivity (Wildman–Crippen MR) is 83.7 cm³/mol. The molecule has 2 rings (SSSR count). The fourth-order valence-corrected chi connectivity index (χ4v) is 3.56. The summed E-state index contributed by atoms with van der Waals surface area (Å²) in [6.07, 6.45) is 2.31. The molecule has 1 atom stereocenters. The topological polar surface area (TPSA) is 67.6 Å². The average Bonchev–Trinajstić information content (AvgIpc) is 3.15. The van der Waals surface area contributed by atoms with E-state index in [0.717, 1.165) is 23.4 Å². The van der Waals surface area contributed by atoms with E-state index in [1.165, 1.54) is 11.3 Å². The van der Waals surface area contributed by atoms with Crippen LogP contribution in [-0.4, -0.2) is 44.7 Å². The first-order valence-corrected chi connectivity index (χ1v) is 7.66. The summed E-state index contributed by atoms with van der Waals surface area (Å²) in [5, 5.41) is 4.46. The summed E-state index contributed by atoms with van der Waals surface area (Å²) >= 11 is 1.46. The Balaban J connectivity index is 2.30. The van der Waals surface area contributed by atoms with Gasteiger partial charge in [0.15, 0.2) is 0 Å². The molecular weight excluding hydrogens is 274 g/mol. The fourth-order valence-electron chi connectivity index (χ4n) is 2.22. The Morgan fingerprint density at radius 2 is 2.20 bits per heavy atom. The summed E-state index contributed by atoms with van der Waals surface area (Å²) in [5.41, 5.74) is 8.01. The molecule has 0 aromatic carbocycles. The van der Waals surface area contributed by atoms with Gasteiger partial charge in [0.2, 0.25) is 0 Å². The Morgan fingerprint density at radius 1 is 1.55 bits per heavy atom. The van der Waals surface area contributed by atoms with Crippen molar-refractivity contribution >= 4 is 27.9 Å². The fraction of sp³-hybridized carbons (Fsp3) is 0.643. The first-order valence-electron chi connectivity index (χ1n) is 6.85. The van der Waals surface area contributed by atoms with Crippen molar-refractivity contribution in [2.45, 2.75) is 31.7 Å². The summed E-state index contributed by atoms with van der Waals surface area (Å²) in [5.74, 6) is 0.481. The average molecular weight is 297 g/mol. The Hall–Kier alpha value is -1.27.